The predicted molar refractivity (Wildman–Crippen MR) is 87.4 cm³/mol. The number of rotatable bonds is 5. The SMILES string of the molecule is CCCNc1cncc(N2CCCC(C(C)C)CC2)c1. The summed E-state index contributed by atoms with van der Waals surface area (Å²) in [5, 5.41) is 3.43. The quantitative estimate of drug-likeness (QED) is 0.874. The van der Waals surface area contributed by atoms with Crippen molar-refractivity contribution in [1.29, 1.82) is 0 Å². The minimum absolute atomic E-state index is 0.811. The topological polar surface area (TPSA) is 28.2 Å². The Morgan fingerprint density at radius 2 is 2.15 bits per heavy atom. The Bertz CT molecular complexity index is 403. The van der Waals surface area contributed by atoms with E-state index in [4.69, 9.17) is 0 Å². The number of aromatic nitrogens is 1. The van der Waals surface area contributed by atoms with Crippen LogP contribution in [-0.4, -0.2) is 24.6 Å². The van der Waals surface area contributed by atoms with Crippen molar-refractivity contribution in [2.24, 2.45) is 11.8 Å². The van der Waals surface area contributed by atoms with Crippen LogP contribution in [0.1, 0.15) is 46.5 Å². The van der Waals surface area contributed by atoms with Gasteiger partial charge in [-0.05, 0) is 43.6 Å². The van der Waals surface area contributed by atoms with Gasteiger partial charge in [0.15, 0.2) is 0 Å². The van der Waals surface area contributed by atoms with Crippen LogP contribution in [0, 0.1) is 11.8 Å². The van der Waals surface area contributed by atoms with Gasteiger partial charge >= 0.3 is 0 Å². The van der Waals surface area contributed by atoms with E-state index < -0.39 is 0 Å². The van der Waals surface area contributed by atoms with Crippen LogP contribution in [0.15, 0.2) is 18.5 Å². The molecule has 112 valence electrons. The molecule has 1 N–H and O–H groups in total. The molecule has 2 heterocycles. The molecular formula is C17H29N3. The molecule has 1 aromatic heterocycles. The van der Waals surface area contributed by atoms with E-state index in [0.717, 1.165) is 30.5 Å². The molecule has 20 heavy (non-hydrogen) atoms. The lowest BCUT2D eigenvalue weighted by molar-refractivity contribution is 0.351. The van der Waals surface area contributed by atoms with E-state index in [9.17, 15) is 0 Å². The zero-order valence-corrected chi connectivity index (χ0v) is 13.2. The van der Waals surface area contributed by atoms with Gasteiger partial charge in [-0.25, -0.2) is 0 Å². The molecule has 2 rings (SSSR count). The normalized spacial score (nSPS) is 20.0. The Morgan fingerprint density at radius 3 is 2.90 bits per heavy atom. The minimum atomic E-state index is 0.811. The zero-order valence-electron chi connectivity index (χ0n) is 13.2. The van der Waals surface area contributed by atoms with Crippen molar-refractivity contribution in [2.75, 3.05) is 29.9 Å². The van der Waals surface area contributed by atoms with Crippen molar-refractivity contribution in [3.05, 3.63) is 18.5 Å². The highest BCUT2D eigenvalue weighted by Crippen LogP contribution is 2.27. The summed E-state index contributed by atoms with van der Waals surface area (Å²) < 4.78 is 0. The van der Waals surface area contributed by atoms with Crippen LogP contribution in [0.2, 0.25) is 0 Å². The number of hydrogen-bond donors (Lipinski definition) is 1. The van der Waals surface area contributed by atoms with E-state index in [-0.39, 0.29) is 0 Å². The first-order valence-corrected chi connectivity index (χ1v) is 8.14. The monoisotopic (exact) mass is 275 g/mol. The van der Waals surface area contributed by atoms with Crippen LogP contribution in [0.4, 0.5) is 11.4 Å². The Kier molecular flexibility index (Phi) is 5.69. The molecule has 1 aliphatic heterocycles. The van der Waals surface area contributed by atoms with Crippen molar-refractivity contribution in [2.45, 2.75) is 46.5 Å². The van der Waals surface area contributed by atoms with Gasteiger partial charge in [-0.2, -0.15) is 0 Å². The van der Waals surface area contributed by atoms with Gasteiger partial charge < -0.3 is 10.2 Å². The van der Waals surface area contributed by atoms with E-state index in [0.29, 0.717) is 0 Å². The Hall–Kier alpha value is -1.25. The fourth-order valence-corrected chi connectivity index (χ4v) is 3.01. The number of anilines is 2. The van der Waals surface area contributed by atoms with Crippen molar-refractivity contribution in [3.8, 4) is 0 Å². The van der Waals surface area contributed by atoms with Crippen molar-refractivity contribution in [1.82, 2.24) is 4.98 Å². The molecule has 0 aromatic carbocycles. The van der Waals surface area contributed by atoms with E-state index in [1.807, 2.05) is 12.4 Å². The summed E-state index contributed by atoms with van der Waals surface area (Å²) >= 11 is 0. The van der Waals surface area contributed by atoms with Crippen molar-refractivity contribution < 1.29 is 0 Å². The first-order chi connectivity index (χ1) is 9.70. The fourth-order valence-electron chi connectivity index (χ4n) is 3.01. The van der Waals surface area contributed by atoms with Crippen LogP contribution >= 0.6 is 0 Å². The largest absolute Gasteiger partial charge is 0.384 e. The van der Waals surface area contributed by atoms with Gasteiger partial charge in [0.05, 0.1) is 23.8 Å². The Labute approximate surface area is 123 Å². The average Bonchev–Trinajstić information content (AvgIpc) is 2.71. The summed E-state index contributed by atoms with van der Waals surface area (Å²) in [6, 6.07) is 2.25. The lowest BCUT2D eigenvalue weighted by Crippen LogP contribution is -2.24. The summed E-state index contributed by atoms with van der Waals surface area (Å²) in [4.78, 5) is 6.90. The van der Waals surface area contributed by atoms with Gasteiger partial charge in [-0.15, -0.1) is 0 Å². The molecule has 0 bridgehead atoms. The second-order valence-electron chi connectivity index (χ2n) is 6.28. The second kappa shape index (κ2) is 7.51. The van der Waals surface area contributed by atoms with Gasteiger partial charge in [0, 0.05) is 19.6 Å². The van der Waals surface area contributed by atoms with Gasteiger partial charge in [-0.1, -0.05) is 20.8 Å². The highest BCUT2D eigenvalue weighted by Gasteiger charge is 2.19. The smallest absolute Gasteiger partial charge is 0.0573 e. The predicted octanol–water partition coefficient (Wildman–Crippen LogP) is 4.17. The van der Waals surface area contributed by atoms with Crippen molar-refractivity contribution in [3.63, 3.8) is 0 Å². The number of pyridine rings is 1. The first-order valence-electron chi connectivity index (χ1n) is 8.14. The zero-order chi connectivity index (χ0) is 14.4. The van der Waals surface area contributed by atoms with Gasteiger partial charge in [-0.3, -0.25) is 4.98 Å². The maximum absolute atomic E-state index is 4.39. The third-order valence-electron chi connectivity index (χ3n) is 4.38. The van der Waals surface area contributed by atoms with Crippen LogP contribution < -0.4 is 10.2 Å². The van der Waals surface area contributed by atoms with Crippen LogP contribution in [0.3, 0.4) is 0 Å². The molecule has 0 spiro atoms. The number of hydrogen-bond acceptors (Lipinski definition) is 3. The molecule has 1 aliphatic rings. The summed E-state index contributed by atoms with van der Waals surface area (Å²) in [6.45, 7) is 10.3. The summed E-state index contributed by atoms with van der Waals surface area (Å²) in [6.07, 6.45) is 9.06. The molecule has 1 atom stereocenters. The molecular weight excluding hydrogens is 246 g/mol. The van der Waals surface area contributed by atoms with Crippen molar-refractivity contribution >= 4 is 11.4 Å². The standard InChI is InChI=1S/C17H29N3/c1-4-8-19-16-11-17(13-18-12-16)20-9-5-6-15(7-10-20)14(2)3/h11-15,19H,4-10H2,1-3H3. The molecule has 1 unspecified atom stereocenters. The number of nitrogens with one attached hydrogen (secondary N) is 1. The fraction of sp³-hybridized carbons (Fsp3) is 0.706. The molecule has 0 saturated carbocycles. The highest BCUT2D eigenvalue weighted by molar-refractivity contribution is 5.55. The van der Waals surface area contributed by atoms with Crippen LogP contribution in [0.5, 0.6) is 0 Å². The van der Waals surface area contributed by atoms with Gasteiger partial charge in [0.2, 0.25) is 0 Å². The lowest BCUT2D eigenvalue weighted by Gasteiger charge is -2.23. The van der Waals surface area contributed by atoms with Crippen LogP contribution in [0.25, 0.3) is 0 Å². The summed E-state index contributed by atoms with van der Waals surface area (Å²) in [7, 11) is 0. The molecule has 0 aliphatic carbocycles. The summed E-state index contributed by atoms with van der Waals surface area (Å²) in [5.41, 5.74) is 2.42. The van der Waals surface area contributed by atoms with E-state index >= 15 is 0 Å². The van der Waals surface area contributed by atoms with E-state index in [1.54, 1.807) is 0 Å². The Morgan fingerprint density at radius 1 is 1.30 bits per heavy atom. The van der Waals surface area contributed by atoms with Gasteiger partial charge in [0.25, 0.3) is 0 Å². The lowest BCUT2D eigenvalue weighted by atomic mass is 9.89. The molecule has 3 heteroatoms. The molecule has 3 nitrogen and oxygen atoms in total. The van der Waals surface area contributed by atoms with E-state index in [1.165, 1.54) is 38.0 Å². The molecule has 0 radical (unpaired) electrons. The highest BCUT2D eigenvalue weighted by atomic mass is 15.1. The minimum Gasteiger partial charge on any atom is -0.384 e. The maximum atomic E-state index is 4.39. The third kappa shape index (κ3) is 4.12. The van der Waals surface area contributed by atoms with Gasteiger partial charge in [0.1, 0.15) is 0 Å². The number of nitrogens with zero attached hydrogens (tertiary/aromatic N) is 2. The molecule has 0 amide bonds. The third-order valence-corrected chi connectivity index (χ3v) is 4.38. The second-order valence-corrected chi connectivity index (χ2v) is 6.28. The molecule has 1 aromatic rings. The first kappa shape index (κ1) is 15.1. The maximum Gasteiger partial charge on any atom is 0.0573 e. The molecule has 1 fully saturated rings. The average molecular weight is 275 g/mol. The summed E-state index contributed by atoms with van der Waals surface area (Å²) in [5.74, 6) is 1.69. The molecule has 1 saturated heterocycles. The Balaban J connectivity index is 2.00. The van der Waals surface area contributed by atoms with E-state index in [2.05, 4.69) is 42.0 Å². The van der Waals surface area contributed by atoms with Crippen LogP contribution in [-0.2, 0) is 0 Å².